The highest BCUT2D eigenvalue weighted by atomic mass is 16.4. The Bertz CT molecular complexity index is 1660. The molecule has 0 saturated heterocycles. The average molecular weight is 585 g/mol. The zero-order chi connectivity index (χ0) is 31.6. The Morgan fingerprint density at radius 2 is 1.47 bits per heavy atom. The molecule has 4 heterocycles. The molecule has 2 amide bonds. The second-order valence-electron chi connectivity index (χ2n) is 10.8. The van der Waals surface area contributed by atoms with E-state index in [4.69, 9.17) is 4.99 Å². The summed E-state index contributed by atoms with van der Waals surface area (Å²) >= 11 is 0. The smallest absolute Gasteiger partial charge is 0.303 e. The fourth-order valence-corrected chi connectivity index (χ4v) is 5.72. The molecule has 0 aliphatic carbocycles. The highest BCUT2D eigenvalue weighted by Gasteiger charge is 2.30. The molecular formula is C33H36N4O6. The summed E-state index contributed by atoms with van der Waals surface area (Å²) in [5.74, 6) is -2.29. The van der Waals surface area contributed by atoms with Gasteiger partial charge in [0, 0.05) is 53.1 Å². The molecule has 10 heteroatoms. The number of nitrogens with zero attached hydrogens (tertiary/aromatic N) is 1. The number of hydrogen-bond donors (Lipinski definition) is 5. The Morgan fingerprint density at radius 1 is 0.837 bits per heavy atom. The molecular weight excluding hydrogens is 548 g/mol. The molecule has 5 N–H and O–H groups in total. The van der Waals surface area contributed by atoms with Crippen molar-refractivity contribution in [3.63, 3.8) is 0 Å². The van der Waals surface area contributed by atoms with Gasteiger partial charge >= 0.3 is 11.9 Å². The lowest BCUT2D eigenvalue weighted by Gasteiger charge is -2.14. The molecule has 0 aromatic carbocycles. The number of aromatic nitrogens is 1. The van der Waals surface area contributed by atoms with Crippen LogP contribution in [0, 0.1) is 6.92 Å². The number of nitrogens with one attached hydrogen (secondary N) is 3. The van der Waals surface area contributed by atoms with Crippen molar-refractivity contribution in [2.24, 2.45) is 4.99 Å². The van der Waals surface area contributed by atoms with Crippen LogP contribution in [0.1, 0.15) is 62.5 Å². The maximum Gasteiger partial charge on any atom is 0.303 e. The van der Waals surface area contributed by atoms with Crippen molar-refractivity contribution < 1.29 is 29.4 Å². The predicted molar refractivity (Wildman–Crippen MR) is 164 cm³/mol. The number of allylic oxidation sites excluding steroid dienone is 4. The number of H-pyrrole nitrogens is 1. The standard InChI is InChI=1S/C33H36N4O6/c1-7-20-19(6)32(42)37-27(20)14-25-18(5)23(10-12-31(40)41)29(35-25)15-28-22(9-11-30(38)39)17(4)24(34-28)13-26-16(3)21(8-2)33(43)36-26/h7-8,13-14,28,35H,1-2,9-12,15H2,3-6H3,(H,36,43)(H,37,42)(H,38,39)(H,40,41)/b26-13-,27-14-/t28-/m1/s1. The zero-order valence-electron chi connectivity index (χ0n) is 24.8. The summed E-state index contributed by atoms with van der Waals surface area (Å²) in [5.41, 5.74) is 9.29. The third-order valence-corrected chi connectivity index (χ3v) is 8.23. The average Bonchev–Trinajstić information content (AvgIpc) is 3.59. The third-order valence-electron chi connectivity index (χ3n) is 8.23. The summed E-state index contributed by atoms with van der Waals surface area (Å²) in [6.07, 6.45) is 7.58. The summed E-state index contributed by atoms with van der Waals surface area (Å²) in [6.45, 7) is 14.9. The fourth-order valence-electron chi connectivity index (χ4n) is 5.72. The number of rotatable bonds is 12. The van der Waals surface area contributed by atoms with E-state index in [-0.39, 0.29) is 31.1 Å². The van der Waals surface area contributed by atoms with Gasteiger partial charge in [-0.1, -0.05) is 25.3 Å². The number of hydrogen-bond acceptors (Lipinski definition) is 5. The van der Waals surface area contributed by atoms with E-state index in [9.17, 15) is 29.4 Å². The number of aromatic amines is 1. The maximum absolute atomic E-state index is 12.3. The first kappa shape index (κ1) is 31.0. The van der Waals surface area contributed by atoms with Crippen LogP contribution in [0.15, 0.2) is 81.2 Å². The van der Waals surface area contributed by atoms with Crippen LogP contribution in [0.4, 0.5) is 0 Å². The summed E-state index contributed by atoms with van der Waals surface area (Å²) in [5, 5.41) is 24.6. The number of amides is 2. The van der Waals surface area contributed by atoms with Crippen LogP contribution in [-0.4, -0.2) is 50.7 Å². The largest absolute Gasteiger partial charge is 0.481 e. The van der Waals surface area contributed by atoms with Crippen LogP contribution in [0.5, 0.6) is 0 Å². The molecule has 0 unspecified atom stereocenters. The van der Waals surface area contributed by atoms with Crippen LogP contribution in [0.25, 0.3) is 6.08 Å². The van der Waals surface area contributed by atoms with Gasteiger partial charge < -0.3 is 25.8 Å². The Hall–Kier alpha value is -4.99. The molecule has 10 nitrogen and oxygen atoms in total. The highest BCUT2D eigenvalue weighted by molar-refractivity contribution is 6.13. The van der Waals surface area contributed by atoms with Crippen LogP contribution in [0.3, 0.4) is 0 Å². The van der Waals surface area contributed by atoms with Gasteiger partial charge in [-0.3, -0.25) is 24.2 Å². The van der Waals surface area contributed by atoms with Gasteiger partial charge in [-0.25, -0.2) is 0 Å². The lowest BCUT2D eigenvalue weighted by Crippen LogP contribution is -2.16. The van der Waals surface area contributed by atoms with Crippen molar-refractivity contribution in [3.05, 3.63) is 98.7 Å². The number of aliphatic carboxylic acids is 2. The van der Waals surface area contributed by atoms with Gasteiger partial charge in [0.2, 0.25) is 0 Å². The van der Waals surface area contributed by atoms with Crippen LogP contribution in [0.2, 0.25) is 0 Å². The summed E-state index contributed by atoms with van der Waals surface area (Å²) < 4.78 is 0. The predicted octanol–water partition coefficient (Wildman–Crippen LogP) is 4.38. The first-order valence-electron chi connectivity index (χ1n) is 14.0. The van der Waals surface area contributed by atoms with Crippen molar-refractivity contribution >= 4 is 35.5 Å². The quantitative estimate of drug-likeness (QED) is 0.245. The molecule has 0 saturated carbocycles. The van der Waals surface area contributed by atoms with Gasteiger partial charge in [-0.15, -0.1) is 0 Å². The Balaban J connectivity index is 1.76. The Morgan fingerprint density at radius 3 is 2.07 bits per heavy atom. The van der Waals surface area contributed by atoms with E-state index in [2.05, 4.69) is 28.8 Å². The summed E-state index contributed by atoms with van der Waals surface area (Å²) in [4.78, 5) is 56.0. The lowest BCUT2D eigenvalue weighted by atomic mass is 9.93. The van der Waals surface area contributed by atoms with Crippen molar-refractivity contribution in [3.8, 4) is 0 Å². The molecule has 0 fully saturated rings. The molecule has 0 bridgehead atoms. The van der Waals surface area contributed by atoms with Crippen molar-refractivity contribution in [1.82, 2.24) is 15.6 Å². The number of carboxylic acid groups (broad SMARTS) is 2. The van der Waals surface area contributed by atoms with Crippen molar-refractivity contribution in [1.29, 1.82) is 0 Å². The molecule has 3 aliphatic rings. The molecule has 0 spiro atoms. The molecule has 43 heavy (non-hydrogen) atoms. The number of aliphatic imine (C=N–C) groups is 1. The van der Waals surface area contributed by atoms with E-state index >= 15 is 0 Å². The Kier molecular flexibility index (Phi) is 8.99. The normalized spacial score (nSPS) is 20.4. The van der Waals surface area contributed by atoms with E-state index in [1.165, 1.54) is 6.08 Å². The van der Waals surface area contributed by atoms with Crippen molar-refractivity contribution in [2.75, 3.05) is 0 Å². The van der Waals surface area contributed by atoms with Gasteiger partial charge in [0.1, 0.15) is 0 Å². The minimum absolute atomic E-state index is 0.0679. The number of carboxylic acids is 2. The van der Waals surface area contributed by atoms with Gasteiger partial charge in [0.25, 0.3) is 11.8 Å². The SMILES string of the molecule is C=CC1=C(C)/C(=C/C2=N[C@H](Cc3[nH]c(/C=C4\NC(=O)C(C)=C4C=C)c(C)c3CCC(=O)O)C(CCC(=O)O)=C2C)NC1=O. The van der Waals surface area contributed by atoms with Gasteiger partial charge in [-0.05, 0) is 80.5 Å². The zero-order valence-corrected chi connectivity index (χ0v) is 24.8. The topological polar surface area (TPSA) is 161 Å². The molecule has 1 aromatic heterocycles. The molecule has 1 atom stereocenters. The summed E-state index contributed by atoms with van der Waals surface area (Å²) in [7, 11) is 0. The fraction of sp³-hybridized carbons (Fsp3) is 0.303. The second-order valence-corrected chi connectivity index (χ2v) is 10.8. The van der Waals surface area contributed by atoms with E-state index < -0.39 is 18.0 Å². The van der Waals surface area contributed by atoms with E-state index in [1.807, 2.05) is 26.8 Å². The minimum atomic E-state index is -0.923. The monoisotopic (exact) mass is 584 g/mol. The number of carbonyl (C=O) groups excluding carboxylic acids is 2. The van der Waals surface area contributed by atoms with Crippen LogP contribution < -0.4 is 10.6 Å². The first-order chi connectivity index (χ1) is 20.4. The van der Waals surface area contributed by atoms with E-state index in [1.54, 1.807) is 19.1 Å². The molecule has 0 radical (unpaired) electrons. The van der Waals surface area contributed by atoms with Gasteiger partial charge in [0.15, 0.2) is 0 Å². The molecule has 224 valence electrons. The first-order valence-corrected chi connectivity index (χ1v) is 14.0. The van der Waals surface area contributed by atoms with Crippen molar-refractivity contribution in [2.45, 2.75) is 65.8 Å². The highest BCUT2D eigenvalue weighted by Crippen LogP contribution is 2.33. The minimum Gasteiger partial charge on any atom is -0.481 e. The van der Waals surface area contributed by atoms with Crippen LogP contribution in [-0.2, 0) is 32.0 Å². The third kappa shape index (κ3) is 6.28. The van der Waals surface area contributed by atoms with Gasteiger partial charge in [0.05, 0.1) is 17.5 Å². The summed E-state index contributed by atoms with van der Waals surface area (Å²) in [6, 6.07) is -0.398. The second kappa shape index (κ2) is 12.5. The number of carbonyl (C=O) groups is 4. The Labute approximate surface area is 250 Å². The van der Waals surface area contributed by atoms with E-state index in [0.717, 1.165) is 39.2 Å². The lowest BCUT2D eigenvalue weighted by molar-refractivity contribution is -0.138. The van der Waals surface area contributed by atoms with Gasteiger partial charge in [-0.2, -0.15) is 0 Å². The maximum atomic E-state index is 12.3. The van der Waals surface area contributed by atoms with Crippen LogP contribution >= 0.6 is 0 Å². The molecule has 1 aromatic rings. The van der Waals surface area contributed by atoms with E-state index in [0.29, 0.717) is 46.7 Å². The molecule has 3 aliphatic heterocycles. The molecule has 4 rings (SSSR count).